The van der Waals surface area contributed by atoms with Gasteiger partial charge < -0.3 is 15.0 Å². The number of rotatable bonds is 7. The van der Waals surface area contributed by atoms with Gasteiger partial charge in [0.05, 0.1) is 18.7 Å². The summed E-state index contributed by atoms with van der Waals surface area (Å²) in [6.07, 6.45) is 5.45. The molecule has 2 aromatic rings. The van der Waals surface area contributed by atoms with Crippen molar-refractivity contribution in [2.75, 3.05) is 33.4 Å². The molecule has 3 rings (SSSR count). The Morgan fingerprint density at radius 1 is 1.42 bits per heavy atom. The molecule has 3 heterocycles. The summed E-state index contributed by atoms with van der Waals surface area (Å²) in [6, 6.07) is 3.89. The number of aromatic nitrogens is 3. The molecular formula is C19H27N5O2. The number of hydrogen-bond acceptors (Lipinski definition) is 5. The summed E-state index contributed by atoms with van der Waals surface area (Å²) >= 11 is 0. The van der Waals surface area contributed by atoms with Crippen molar-refractivity contribution in [3.05, 3.63) is 47.5 Å². The summed E-state index contributed by atoms with van der Waals surface area (Å²) in [4.78, 5) is 19.4. The summed E-state index contributed by atoms with van der Waals surface area (Å²) in [6.45, 7) is 5.18. The van der Waals surface area contributed by atoms with Crippen molar-refractivity contribution < 1.29 is 9.53 Å². The Balaban J connectivity index is 1.79. The van der Waals surface area contributed by atoms with Crippen LogP contribution in [-0.4, -0.2) is 58.9 Å². The molecule has 0 bridgehead atoms. The predicted molar refractivity (Wildman–Crippen MR) is 98.6 cm³/mol. The number of hydrogen-bond donors (Lipinski definition) is 1. The summed E-state index contributed by atoms with van der Waals surface area (Å²) in [5.74, 6) is 0.214. The topological polar surface area (TPSA) is 72.3 Å². The Bertz CT molecular complexity index is 731. The number of ether oxygens (including phenoxy) is 1. The lowest BCUT2D eigenvalue weighted by molar-refractivity contribution is -0.136. The molecular weight excluding hydrogens is 330 g/mol. The summed E-state index contributed by atoms with van der Waals surface area (Å²) in [5.41, 5.74) is 3.30. The van der Waals surface area contributed by atoms with Gasteiger partial charge in [-0.1, -0.05) is 6.07 Å². The Morgan fingerprint density at radius 3 is 2.92 bits per heavy atom. The molecule has 7 nitrogen and oxygen atoms in total. The second kappa shape index (κ2) is 8.42. The first-order chi connectivity index (χ1) is 12.6. The fourth-order valence-electron chi connectivity index (χ4n) is 3.56. The number of aryl methyl sites for hydroxylation is 1. The van der Waals surface area contributed by atoms with Crippen molar-refractivity contribution in [3.63, 3.8) is 0 Å². The van der Waals surface area contributed by atoms with E-state index in [1.54, 1.807) is 13.3 Å². The van der Waals surface area contributed by atoms with Gasteiger partial charge in [-0.3, -0.25) is 14.5 Å². The molecule has 1 aliphatic heterocycles. The van der Waals surface area contributed by atoms with E-state index < -0.39 is 0 Å². The van der Waals surface area contributed by atoms with Gasteiger partial charge in [0.1, 0.15) is 0 Å². The van der Waals surface area contributed by atoms with Crippen LogP contribution < -0.4 is 5.32 Å². The maximum absolute atomic E-state index is 13.3. The lowest BCUT2D eigenvalue weighted by Gasteiger charge is -2.28. The number of amides is 1. The molecule has 1 N–H and O–H groups in total. The van der Waals surface area contributed by atoms with Gasteiger partial charge in [0, 0.05) is 64.3 Å². The number of carbonyl (C=O) groups is 1. The average Bonchev–Trinajstić information content (AvgIpc) is 3.26. The molecule has 0 aliphatic carbocycles. The van der Waals surface area contributed by atoms with Crippen LogP contribution in [-0.2, 0) is 23.1 Å². The van der Waals surface area contributed by atoms with Crippen LogP contribution in [0, 0.1) is 12.8 Å². The van der Waals surface area contributed by atoms with E-state index in [2.05, 4.69) is 22.3 Å². The summed E-state index contributed by atoms with van der Waals surface area (Å²) in [7, 11) is 3.59. The van der Waals surface area contributed by atoms with E-state index in [9.17, 15) is 4.79 Å². The third-order valence-corrected chi connectivity index (χ3v) is 5.18. The molecule has 140 valence electrons. The van der Waals surface area contributed by atoms with Crippen LogP contribution in [0.2, 0.25) is 0 Å². The Labute approximate surface area is 154 Å². The second-order valence-electron chi connectivity index (χ2n) is 6.79. The SMILES string of the molecule is COCCN(Cc1cccnc1)C(=O)[C@H]1CNC[C@@H]1c1cnn(C)c1C. The minimum atomic E-state index is -0.0913. The third kappa shape index (κ3) is 3.94. The zero-order valence-corrected chi connectivity index (χ0v) is 15.7. The molecule has 2 aromatic heterocycles. The van der Waals surface area contributed by atoms with Crippen LogP contribution in [0.1, 0.15) is 22.7 Å². The van der Waals surface area contributed by atoms with Gasteiger partial charge >= 0.3 is 0 Å². The zero-order valence-electron chi connectivity index (χ0n) is 15.7. The van der Waals surface area contributed by atoms with Crippen molar-refractivity contribution in [1.82, 2.24) is 25.0 Å². The monoisotopic (exact) mass is 357 g/mol. The number of methoxy groups -OCH3 is 1. The molecule has 0 radical (unpaired) electrons. The van der Waals surface area contributed by atoms with E-state index in [1.165, 1.54) is 0 Å². The molecule has 0 aromatic carbocycles. The average molecular weight is 357 g/mol. The van der Waals surface area contributed by atoms with E-state index in [1.807, 2.05) is 41.2 Å². The van der Waals surface area contributed by atoms with Gasteiger partial charge in [-0.25, -0.2) is 0 Å². The highest BCUT2D eigenvalue weighted by atomic mass is 16.5. The largest absolute Gasteiger partial charge is 0.383 e. The first-order valence-corrected chi connectivity index (χ1v) is 8.97. The van der Waals surface area contributed by atoms with Crippen LogP contribution in [0.4, 0.5) is 0 Å². The molecule has 1 fully saturated rings. The number of carbonyl (C=O) groups excluding carboxylic acids is 1. The van der Waals surface area contributed by atoms with Crippen molar-refractivity contribution in [3.8, 4) is 0 Å². The van der Waals surface area contributed by atoms with Gasteiger partial charge in [0.25, 0.3) is 0 Å². The fraction of sp³-hybridized carbons (Fsp3) is 0.526. The molecule has 26 heavy (non-hydrogen) atoms. The van der Waals surface area contributed by atoms with Gasteiger partial charge in [-0.2, -0.15) is 5.10 Å². The molecule has 1 aliphatic rings. The summed E-state index contributed by atoms with van der Waals surface area (Å²) in [5, 5.41) is 7.74. The van der Waals surface area contributed by atoms with Crippen LogP contribution in [0.15, 0.2) is 30.7 Å². The maximum atomic E-state index is 13.3. The van der Waals surface area contributed by atoms with Crippen molar-refractivity contribution in [2.45, 2.75) is 19.4 Å². The minimum Gasteiger partial charge on any atom is -0.383 e. The molecule has 7 heteroatoms. The highest BCUT2D eigenvalue weighted by Crippen LogP contribution is 2.31. The van der Waals surface area contributed by atoms with E-state index in [0.717, 1.165) is 23.4 Å². The van der Waals surface area contributed by atoms with Crippen molar-refractivity contribution in [2.24, 2.45) is 13.0 Å². The first-order valence-electron chi connectivity index (χ1n) is 8.97. The van der Waals surface area contributed by atoms with E-state index in [-0.39, 0.29) is 17.7 Å². The Hall–Kier alpha value is -2.25. The standard InChI is InChI=1S/C19H27N5O2/c1-14-16(12-22-23(14)2)17-10-21-11-18(17)19(25)24(7-8-26-3)13-15-5-4-6-20-9-15/h4-6,9,12,17-18,21H,7-8,10-11,13H2,1-3H3/t17-,18+/m1/s1. The van der Waals surface area contributed by atoms with Crippen LogP contribution in [0.5, 0.6) is 0 Å². The fourth-order valence-corrected chi connectivity index (χ4v) is 3.56. The minimum absolute atomic E-state index is 0.0913. The van der Waals surface area contributed by atoms with Crippen molar-refractivity contribution >= 4 is 5.91 Å². The first kappa shape index (κ1) is 18.5. The molecule has 0 spiro atoms. The van der Waals surface area contributed by atoms with Crippen molar-refractivity contribution in [1.29, 1.82) is 0 Å². The molecule has 2 atom stereocenters. The number of pyridine rings is 1. The maximum Gasteiger partial charge on any atom is 0.228 e. The third-order valence-electron chi connectivity index (χ3n) is 5.18. The highest BCUT2D eigenvalue weighted by molar-refractivity contribution is 5.80. The van der Waals surface area contributed by atoms with Crippen LogP contribution >= 0.6 is 0 Å². The smallest absolute Gasteiger partial charge is 0.228 e. The van der Waals surface area contributed by atoms with Crippen LogP contribution in [0.25, 0.3) is 0 Å². The normalized spacial score (nSPS) is 19.7. The van der Waals surface area contributed by atoms with E-state index in [4.69, 9.17) is 4.74 Å². The van der Waals surface area contributed by atoms with E-state index >= 15 is 0 Å². The number of nitrogens with one attached hydrogen (secondary N) is 1. The molecule has 1 saturated heterocycles. The van der Waals surface area contributed by atoms with E-state index in [0.29, 0.717) is 26.2 Å². The molecule has 1 amide bonds. The second-order valence-corrected chi connectivity index (χ2v) is 6.79. The zero-order chi connectivity index (χ0) is 18.5. The Morgan fingerprint density at radius 2 is 2.27 bits per heavy atom. The van der Waals surface area contributed by atoms with Gasteiger partial charge in [0.2, 0.25) is 5.91 Å². The van der Waals surface area contributed by atoms with Gasteiger partial charge in [-0.15, -0.1) is 0 Å². The summed E-state index contributed by atoms with van der Waals surface area (Å²) < 4.78 is 7.09. The highest BCUT2D eigenvalue weighted by Gasteiger charge is 2.37. The van der Waals surface area contributed by atoms with Crippen LogP contribution in [0.3, 0.4) is 0 Å². The quantitative estimate of drug-likeness (QED) is 0.803. The Kier molecular flexibility index (Phi) is 6.00. The number of nitrogens with zero attached hydrogens (tertiary/aromatic N) is 4. The molecule has 0 unspecified atom stereocenters. The predicted octanol–water partition coefficient (Wildman–Crippen LogP) is 1.10. The molecule has 0 saturated carbocycles. The van der Waals surface area contributed by atoms with Gasteiger partial charge in [-0.05, 0) is 24.1 Å². The van der Waals surface area contributed by atoms with Gasteiger partial charge in [0.15, 0.2) is 0 Å². The lowest BCUT2D eigenvalue weighted by atomic mass is 9.88. The lowest BCUT2D eigenvalue weighted by Crippen LogP contribution is -2.40.